The zero-order valence-corrected chi connectivity index (χ0v) is 12.4. The lowest BCUT2D eigenvalue weighted by atomic mass is 10.0. The molecule has 0 amide bonds. The topological polar surface area (TPSA) is 21.3 Å². The normalized spacial score (nSPS) is 14.8. The minimum atomic E-state index is 0.331. The molecule has 2 heteroatoms. The van der Waals surface area contributed by atoms with Crippen LogP contribution in [0, 0.1) is 0 Å². The monoisotopic (exact) mass is 243 g/mol. The first-order chi connectivity index (χ1) is 8.26. The van der Waals surface area contributed by atoms with E-state index in [9.17, 15) is 0 Å². The number of methoxy groups -OCH3 is 1. The third-order valence-corrected chi connectivity index (χ3v) is 3.46. The molecule has 0 aromatic rings. The molecule has 0 fully saturated rings. The van der Waals surface area contributed by atoms with Crippen molar-refractivity contribution in [2.45, 2.75) is 84.3 Å². The number of unbranched alkanes of at least 4 members (excludes halogenated alkanes) is 5. The second kappa shape index (κ2) is 12.4. The third kappa shape index (κ3) is 9.61. The standard InChI is InChI=1S/C15H33NO/c1-5-7-8-9-10-11-12-15(14(3)17-4)16-13-6-2/h14-16H,5-13H2,1-4H3. The molecule has 1 N–H and O–H groups in total. The molecule has 0 aromatic carbocycles. The minimum Gasteiger partial charge on any atom is -0.380 e. The predicted molar refractivity (Wildman–Crippen MR) is 76.5 cm³/mol. The van der Waals surface area contributed by atoms with Crippen LogP contribution in [-0.4, -0.2) is 25.8 Å². The van der Waals surface area contributed by atoms with Gasteiger partial charge < -0.3 is 10.1 Å². The summed E-state index contributed by atoms with van der Waals surface area (Å²) in [5, 5.41) is 3.60. The molecule has 2 nitrogen and oxygen atoms in total. The van der Waals surface area contributed by atoms with E-state index in [1.807, 2.05) is 7.11 Å². The lowest BCUT2D eigenvalue weighted by Crippen LogP contribution is -2.39. The second-order valence-corrected chi connectivity index (χ2v) is 5.06. The molecule has 0 aliphatic heterocycles. The highest BCUT2D eigenvalue weighted by Gasteiger charge is 2.14. The molecular formula is C15H33NO. The molecule has 0 saturated heterocycles. The molecule has 0 aliphatic carbocycles. The lowest BCUT2D eigenvalue weighted by molar-refractivity contribution is 0.0791. The molecular weight excluding hydrogens is 210 g/mol. The molecule has 0 spiro atoms. The van der Waals surface area contributed by atoms with Crippen LogP contribution in [0.25, 0.3) is 0 Å². The summed E-state index contributed by atoms with van der Waals surface area (Å²) < 4.78 is 5.44. The summed E-state index contributed by atoms with van der Waals surface area (Å²) in [6, 6.07) is 0.533. The van der Waals surface area contributed by atoms with E-state index in [1.54, 1.807) is 0 Å². The molecule has 0 aliphatic rings. The molecule has 0 heterocycles. The van der Waals surface area contributed by atoms with Gasteiger partial charge in [-0.3, -0.25) is 0 Å². The Kier molecular flexibility index (Phi) is 12.3. The van der Waals surface area contributed by atoms with Crippen LogP contribution in [0.1, 0.15) is 72.1 Å². The fourth-order valence-corrected chi connectivity index (χ4v) is 2.14. The van der Waals surface area contributed by atoms with Crippen LogP contribution in [0.3, 0.4) is 0 Å². The van der Waals surface area contributed by atoms with Crippen molar-refractivity contribution in [1.82, 2.24) is 5.32 Å². The summed E-state index contributed by atoms with van der Waals surface area (Å²) in [7, 11) is 1.81. The summed E-state index contributed by atoms with van der Waals surface area (Å²) in [6.45, 7) is 7.76. The van der Waals surface area contributed by atoms with Crippen LogP contribution >= 0.6 is 0 Å². The van der Waals surface area contributed by atoms with E-state index < -0.39 is 0 Å². The summed E-state index contributed by atoms with van der Waals surface area (Å²) in [4.78, 5) is 0. The van der Waals surface area contributed by atoms with Gasteiger partial charge in [-0.05, 0) is 26.3 Å². The molecule has 2 atom stereocenters. The summed E-state index contributed by atoms with van der Waals surface area (Å²) in [5.41, 5.74) is 0. The summed E-state index contributed by atoms with van der Waals surface area (Å²) >= 11 is 0. The molecule has 0 saturated carbocycles. The average Bonchev–Trinajstić information content (AvgIpc) is 2.36. The summed E-state index contributed by atoms with van der Waals surface area (Å²) in [6.07, 6.45) is 11.0. The zero-order chi connectivity index (χ0) is 12.9. The van der Waals surface area contributed by atoms with Gasteiger partial charge in [-0.1, -0.05) is 52.4 Å². The lowest BCUT2D eigenvalue weighted by Gasteiger charge is -2.24. The van der Waals surface area contributed by atoms with Gasteiger partial charge in [0, 0.05) is 13.2 Å². The quantitative estimate of drug-likeness (QED) is 0.520. The maximum absolute atomic E-state index is 5.44. The smallest absolute Gasteiger partial charge is 0.0696 e. The predicted octanol–water partition coefficient (Wildman–Crippen LogP) is 4.14. The van der Waals surface area contributed by atoms with E-state index in [1.165, 1.54) is 51.4 Å². The SMILES string of the molecule is CCCCCCCCC(NCCC)C(C)OC. The number of nitrogens with one attached hydrogen (secondary N) is 1. The first-order valence-electron chi connectivity index (χ1n) is 7.52. The molecule has 0 aromatic heterocycles. The fourth-order valence-electron chi connectivity index (χ4n) is 2.14. The van der Waals surface area contributed by atoms with Crippen molar-refractivity contribution in [2.24, 2.45) is 0 Å². The van der Waals surface area contributed by atoms with Crippen molar-refractivity contribution >= 4 is 0 Å². The van der Waals surface area contributed by atoms with Crippen molar-refractivity contribution < 1.29 is 4.74 Å². The van der Waals surface area contributed by atoms with Gasteiger partial charge in [0.2, 0.25) is 0 Å². The number of hydrogen-bond acceptors (Lipinski definition) is 2. The first kappa shape index (κ1) is 16.9. The Morgan fingerprint density at radius 1 is 0.941 bits per heavy atom. The number of hydrogen-bond donors (Lipinski definition) is 1. The Bertz CT molecular complexity index is 150. The van der Waals surface area contributed by atoms with Crippen LogP contribution in [0.2, 0.25) is 0 Å². The van der Waals surface area contributed by atoms with E-state index >= 15 is 0 Å². The maximum atomic E-state index is 5.44. The van der Waals surface area contributed by atoms with E-state index in [2.05, 4.69) is 26.1 Å². The van der Waals surface area contributed by atoms with Gasteiger partial charge in [-0.15, -0.1) is 0 Å². The van der Waals surface area contributed by atoms with E-state index in [4.69, 9.17) is 4.74 Å². The van der Waals surface area contributed by atoms with Crippen LogP contribution in [0.15, 0.2) is 0 Å². The molecule has 0 bridgehead atoms. The maximum Gasteiger partial charge on any atom is 0.0696 e. The molecule has 0 rings (SSSR count). The Hall–Kier alpha value is -0.0800. The van der Waals surface area contributed by atoms with Crippen molar-refractivity contribution in [3.05, 3.63) is 0 Å². The number of rotatable bonds is 12. The summed E-state index contributed by atoms with van der Waals surface area (Å²) in [5.74, 6) is 0. The third-order valence-electron chi connectivity index (χ3n) is 3.46. The van der Waals surface area contributed by atoms with Crippen molar-refractivity contribution in [2.75, 3.05) is 13.7 Å². The van der Waals surface area contributed by atoms with Gasteiger partial charge in [0.25, 0.3) is 0 Å². The van der Waals surface area contributed by atoms with Gasteiger partial charge in [-0.2, -0.15) is 0 Å². The average molecular weight is 243 g/mol. The zero-order valence-electron chi connectivity index (χ0n) is 12.4. The number of ether oxygens (including phenoxy) is 1. The Morgan fingerprint density at radius 2 is 1.59 bits per heavy atom. The highest BCUT2D eigenvalue weighted by Crippen LogP contribution is 2.11. The van der Waals surface area contributed by atoms with Crippen LogP contribution in [0.5, 0.6) is 0 Å². The second-order valence-electron chi connectivity index (χ2n) is 5.06. The fraction of sp³-hybridized carbons (Fsp3) is 1.00. The van der Waals surface area contributed by atoms with Crippen LogP contribution in [-0.2, 0) is 4.74 Å². The van der Waals surface area contributed by atoms with E-state index in [0.29, 0.717) is 12.1 Å². The van der Waals surface area contributed by atoms with Crippen LogP contribution < -0.4 is 5.32 Å². The van der Waals surface area contributed by atoms with Crippen molar-refractivity contribution in [3.63, 3.8) is 0 Å². The Morgan fingerprint density at radius 3 is 2.18 bits per heavy atom. The van der Waals surface area contributed by atoms with Crippen molar-refractivity contribution in [3.8, 4) is 0 Å². The Balaban J connectivity index is 3.60. The van der Waals surface area contributed by atoms with Crippen LogP contribution in [0.4, 0.5) is 0 Å². The highest BCUT2D eigenvalue weighted by molar-refractivity contribution is 4.73. The molecule has 0 radical (unpaired) electrons. The Labute approximate surface area is 109 Å². The highest BCUT2D eigenvalue weighted by atomic mass is 16.5. The molecule has 104 valence electrons. The van der Waals surface area contributed by atoms with Gasteiger partial charge in [0.05, 0.1) is 6.10 Å². The van der Waals surface area contributed by atoms with Gasteiger partial charge in [0.15, 0.2) is 0 Å². The molecule has 2 unspecified atom stereocenters. The first-order valence-corrected chi connectivity index (χ1v) is 7.52. The van der Waals surface area contributed by atoms with Crippen molar-refractivity contribution in [1.29, 1.82) is 0 Å². The minimum absolute atomic E-state index is 0.331. The van der Waals surface area contributed by atoms with E-state index in [0.717, 1.165) is 6.54 Å². The van der Waals surface area contributed by atoms with Gasteiger partial charge >= 0.3 is 0 Å². The molecule has 17 heavy (non-hydrogen) atoms. The van der Waals surface area contributed by atoms with E-state index in [-0.39, 0.29) is 0 Å². The largest absolute Gasteiger partial charge is 0.380 e. The van der Waals surface area contributed by atoms with Gasteiger partial charge in [0.1, 0.15) is 0 Å². The van der Waals surface area contributed by atoms with Gasteiger partial charge in [-0.25, -0.2) is 0 Å².